The van der Waals surface area contributed by atoms with E-state index in [1.165, 1.54) is 11.8 Å². The number of thioether (sulfide) groups is 1. The number of nitrogens with two attached hydrogens (primary N) is 1. The van der Waals surface area contributed by atoms with E-state index in [2.05, 4.69) is 15.5 Å². The van der Waals surface area contributed by atoms with E-state index < -0.39 is 5.91 Å². The molecule has 4 aromatic rings. The molecule has 2 amide bonds. The van der Waals surface area contributed by atoms with Crippen LogP contribution in [0.5, 0.6) is 0 Å². The number of hydrogen-bond donors (Lipinski definition) is 2. The molecule has 166 valence electrons. The quantitative estimate of drug-likeness (QED) is 0.401. The second-order valence-corrected chi connectivity index (χ2v) is 8.56. The number of aryl methyl sites for hydroxylation is 2. The number of primary amides is 1. The van der Waals surface area contributed by atoms with Crippen LogP contribution in [0.15, 0.2) is 78.0 Å². The Morgan fingerprint density at radius 2 is 1.48 bits per heavy atom. The Balaban J connectivity index is 1.55. The number of rotatable bonds is 7. The van der Waals surface area contributed by atoms with Crippen molar-refractivity contribution in [1.82, 2.24) is 14.8 Å². The summed E-state index contributed by atoms with van der Waals surface area (Å²) in [7, 11) is 0. The summed E-state index contributed by atoms with van der Waals surface area (Å²) >= 11 is 1.30. The van der Waals surface area contributed by atoms with Gasteiger partial charge in [-0.3, -0.25) is 14.2 Å². The normalized spacial score (nSPS) is 10.7. The van der Waals surface area contributed by atoms with E-state index in [9.17, 15) is 9.59 Å². The van der Waals surface area contributed by atoms with Crippen LogP contribution >= 0.6 is 11.8 Å². The molecule has 0 radical (unpaired) electrons. The minimum Gasteiger partial charge on any atom is -0.366 e. The first-order valence-electron chi connectivity index (χ1n) is 10.3. The third-order valence-electron chi connectivity index (χ3n) is 5.02. The molecular weight excluding hydrogens is 434 g/mol. The van der Waals surface area contributed by atoms with Crippen LogP contribution in [-0.4, -0.2) is 32.3 Å². The number of benzene rings is 3. The van der Waals surface area contributed by atoms with Gasteiger partial charge in [-0.05, 0) is 50.2 Å². The number of amides is 2. The summed E-state index contributed by atoms with van der Waals surface area (Å²) in [5.74, 6) is 0.157. The van der Waals surface area contributed by atoms with Crippen LogP contribution in [0.25, 0.3) is 17.1 Å². The molecule has 8 heteroatoms. The Hall–Kier alpha value is -3.91. The van der Waals surface area contributed by atoms with Crippen LogP contribution in [0.2, 0.25) is 0 Å². The summed E-state index contributed by atoms with van der Waals surface area (Å²) in [5, 5.41) is 12.2. The van der Waals surface area contributed by atoms with E-state index in [0.29, 0.717) is 22.2 Å². The van der Waals surface area contributed by atoms with Gasteiger partial charge in [0, 0.05) is 22.5 Å². The number of anilines is 1. The Morgan fingerprint density at radius 1 is 0.879 bits per heavy atom. The molecule has 0 aliphatic carbocycles. The molecule has 0 saturated carbocycles. The molecule has 1 heterocycles. The molecule has 7 nitrogen and oxygen atoms in total. The zero-order valence-corrected chi connectivity index (χ0v) is 19.1. The van der Waals surface area contributed by atoms with Crippen molar-refractivity contribution in [1.29, 1.82) is 0 Å². The first-order chi connectivity index (χ1) is 15.9. The predicted molar refractivity (Wildman–Crippen MR) is 131 cm³/mol. The number of nitrogens with zero attached hydrogens (tertiary/aromatic N) is 3. The van der Waals surface area contributed by atoms with Crippen molar-refractivity contribution >= 4 is 29.3 Å². The van der Waals surface area contributed by atoms with Crippen molar-refractivity contribution in [2.24, 2.45) is 5.73 Å². The van der Waals surface area contributed by atoms with Gasteiger partial charge in [0.25, 0.3) is 0 Å². The zero-order chi connectivity index (χ0) is 23.4. The topological polar surface area (TPSA) is 103 Å². The minimum atomic E-state index is -0.511. The number of hydrogen-bond acceptors (Lipinski definition) is 5. The molecular formula is C25H23N5O2S. The summed E-state index contributed by atoms with van der Waals surface area (Å²) in [5.41, 5.74) is 10.4. The average molecular weight is 458 g/mol. The molecule has 0 fully saturated rings. The SMILES string of the molecule is Cc1ccc(-c2nnc(SCC(=O)Nc3ccc(C(N)=O)cc3)n2-c2ccc(C)cc2)cc1. The molecule has 0 spiro atoms. The lowest BCUT2D eigenvalue weighted by molar-refractivity contribution is -0.113. The third kappa shape index (κ3) is 5.30. The fraction of sp³-hybridized carbons (Fsp3) is 0.120. The first kappa shape index (κ1) is 22.3. The van der Waals surface area contributed by atoms with Gasteiger partial charge in [0.2, 0.25) is 11.8 Å². The maximum atomic E-state index is 12.5. The van der Waals surface area contributed by atoms with Crippen LogP contribution in [0.1, 0.15) is 21.5 Å². The molecule has 33 heavy (non-hydrogen) atoms. The van der Waals surface area contributed by atoms with Crippen molar-refractivity contribution in [3.05, 3.63) is 89.5 Å². The van der Waals surface area contributed by atoms with Gasteiger partial charge >= 0.3 is 0 Å². The van der Waals surface area contributed by atoms with Gasteiger partial charge in [0.15, 0.2) is 11.0 Å². The van der Waals surface area contributed by atoms with Crippen LogP contribution in [0, 0.1) is 13.8 Å². The summed E-state index contributed by atoms with van der Waals surface area (Å²) < 4.78 is 1.96. The Bertz CT molecular complexity index is 1280. The van der Waals surface area contributed by atoms with Gasteiger partial charge in [-0.2, -0.15) is 0 Å². The molecule has 0 saturated heterocycles. The second-order valence-electron chi connectivity index (χ2n) is 7.62. The van der Waals surface area contributed by atoms with E-state index in [4.69, 9.17) is 5.73 Å². The summed E-state index contributed by atoms with van der Waals surface area (Å²) in [6, 6.07) is 22.6. The molecule has 0 aliphatic heterocycles. The first-order valence-corrected chi connectivity index (χ1v) is 11.3. The minimum absolute atomic E-state index is 0.148. The lowest BCUT2D eigenvalue weighted by Gasteiger charge is -2.11. The zero-order valence-electron chi connectivity index (χ0n) is 18.3. The lowest BCUT2D eigenvalue weighted by Crippen LogP contribution is -2.15. The van der Waals surface area contributed by atoms with E-state index in [-0.39, 0.29) is 11.7 Å². The number of aromatic nitrogens is 3. The third-order valence-corrected chi connectivity index (χ3v) is 5.95. The van der Waals surface area contributed by atoms with Gasteiger partial charge < -0.3 is 11.1 Å². The molecule has 0 atom stereocenters. The Kier molecular flexibility index (Phi) is 6.55. The fourth-order valence-corrected chi connectivity index (χ4v) is 3.98. The highest BCUT2D eigenvalue weighted by Crippen LogP contribution is 2.28. The van der Waals surface area contributed by atoms with Gasteiger partial charge in [0.05, 0.1) is 5.75 Å². The van der Waals surface area contributed by atoms with Crippen molar-refractivity contribution < 1.29 is 9.59 Å². The van der Waals surface area contributed by atoms with Crippen molar-refractivity contribution in [2.75, 3.05) is 11.1 Å². The highest BCUT2D eigenvalue weighted by atomic mass is 32.2. The molecule has 3 N–H and O–H groups in total. The smallest absolute Gasteiger partial charge is 0.248 e. The standard InChI is InChI=1S/C25H23N5O2S/c1-16-3-7-19(8-4-16)24-28-29-25(30(24)21-13-5-17(2)6-14-21)33-15-22(31)27-20-11-9-18(10-12-20)23(26)32/h3-14H,15H2,1-2H3,(H2,26,32)(H,27,31). The summed E-state index contributed by atoms with van der Waals surface area (Å²) in [4.78, 5) is 23.7. The highest BCUT2D eigenvalue weighted by molar-refractivity contribution is 7.99. The molecule has 3 aromatic carbocycles. The van der Waals surface area contributed by atoms with E-state index >= 15 is 0 Å². The summed E-state index contributed by atoms with van der Waals surface area (Å²) in [6.07, 6.45) is 0. The second kappa shape index (κ2) is 9.70. The van der Waals surface area contributed by atoms with Crippen molar-refractivity contribution in [3.8, 4) is 17.1 Å². The van der Waals surface area contributed by atoms with E-state index in [1.807, 2.05) is 66.9 Å². The monoisotopic (exact) mass is 457 g/mol. The van der Waals surface area contributed by atoms with Crippen molar-refractivity contribution in [2.45, 2.75) is 19.0 Å². The predicted octanol–water partition coefficient (Wildman–Crippen LogP) is 4.38. The van der Waals surface area contributed by atoms with Crippen LogP contribution in [0.3, 0.4) is 0 Å². The average Bonchev–Trinajstić information content (AvgIpc) is 3.23. The molecule has 0 bridgehead atoms. The van der Waals surface area contributed by atoms with Crippen molar-refractivity contribution in [3.63, 3.8) is 0 Å². The number of carbonyl (C=O) groups is 2. The molecule has 0 unspecified atom stereocenters. The number of carbonyl (C=O) groups excluding carboxylic acids is 2. The lowest BCUT2D eigenvalue weighted by atomic mass is 10.1. The van der Waals surface area contributed by atoms with Crippen LogP contribution in [-0.2, 0) is 4.79 Å². The van der Waals surface area contributed by atoms with Gasteiger partial charge in [-0.25, -0.2) is 0 Å². The maximum Gasteiger partial charge on any atom is 0.248 e. The van der Waals surface area contributed by atoms with Gasteiger partial charge in [-0.15, -0.1) is 10.2 Å². The Labute approximate surface area is 196 Å². The van der Waals surface area contributed by atoms with Crippen LogP contribution < -0.4 is 11.1 Å². The van der Waals surface area contributed by atoms with Gasteiger partial charge in [0.1, 0.15) is 0 Å². The van der Waals surface area contributed by atoms with E-state index in [1.54, 1.807) is 24.3 Å². The summed E-state index contributed by atoms with van der Waals surface area (Å²) in [6.45, 7) is 4.07. The van der Waals surface area contributed by atoms with E-state index in [0.717, 1.165) is 22.4 Å². The molecule has 1 aromatic heterocycles. The largest absolute Gasteiger partial charge is 0.366 e. The highest BCUT2D eigenvalue weighted by Gasteiger charge is 2.17. The number of nitrogens with one attached hydrogen (secondary N) is 1. The fourth-order valence-electron chi connectivity index (χ4n) is 3.22. The van der Waals surface area contributed by atoms with Gasteiger partial charge in [-0.1, -0.05) is 59.3 Å². The Morgan fingerprint density at radius 3 is 2.09 bits per heavy atom. The van der Waals surface area contributed by atoms with Crippen LogP contribution in [0.4, 0.5) is 5.69 Å². The molecule has 0 aliphatic rings. The maximum absolute atomic E-state index is 12.5. The molecule has 4 rings (SSSR count).